The summed E-state index contributed by atoms with van der Waals surface area (Å²) in [6.45, 7) is 65.0. The van der Waals surface area contributed by atoms with Crippen molar-refractivity contribution in [3.63, 3.8) is 0 Å². The van der Waals surface area contributed by atoms with Crippen LogP contribution in [0.2, 0.25) is 0 Å². The van der Waals surface area contributed by atoms with Crippen molar-refractivity contribution in [3.05, 3.63) is 449 Å². The molecule has 0 aliphatic carbocycles. The number of hydrogen-bond acceptors (Lipinski definition) is 0. The van der Waals surface area contributed by atoms with Gasteiger partial charge in [-0.1, -0.05) is 648 Å². The van der Waals surface area contributed by atoms with Crippen LogP contribution >= 0.6 is 0 Å². The zero-order valence-corrected chi connectivity index (χ0v) is 94.6. The molecule has 0 radical (unpaired) electrons. The van der Waals surface area contributed by atoms with Crippen LogP contribution in [-0.2, 0) is 0 Å². The summed E-state index contributed by atoms with van der Waals surface area (Å²) in [5.74, 6) is 0. The molecule has 0 nitrogen and oxygen atoms in total. The highest BCUT2D eigenvalue weighted by Crippen LogP contribution is 2.43. The molecule has 0 spiro atoms. The molecular weight excluding hydrogens is 1730 g/mol. The number of rotatable bonds is 8. The Labute approximate surface area is 875 Å². The summed E-state index contributed by atoms with van der Waals surface area (Å²) in [5.41, 5.74) is 20.3. The van der Waals surface area contributed by atoms with Crippen molar-refractivity contribution in [2.24, 2.45) is 0 Å². The number of hydrogen-bond donors (Lipinski definition) is 0. The lowest BCUT2D eigenvalue weighted by atomic mass is 9.89. The highest BCUT2D eigenvalue weighted by molar-refractivity contribution is 6.12. The van der Waals surface area contributed by atoms with Crippen LogP contribution in [0.15, 0.2) is 449 Å². The standard InChI is InChI=1S/2C30H20.C26H18.C22H16.4C3H8.12C2H6/c1-4-14-25-21(9-1)12-7-17-28(25)24-19-23-11-3-6-16-27(23)30(20-24)29-18-8-13-22-10-2-5-15-26(22)29;1-3-9-23-17-25(15-13-21(23)7-1)28-19-26-11-5-6-12-29(26)30(20-28)27-16-14-22-8-2-4-10-24(22)18-27;1-2-9-19(10-3-1)22-17-18-26(25-15-7-6-14-23(22)25)24-16-8-12-20-11-4-5-13-21(20)24;1-3-9-17(10-4-1)20-15-19-13-7-8-14-21(19)22(16-20)18-11-5-2-6-12-18;4*1-3-2;12*1-2/h2*1-20H;1-18H;1-16H;4*3H2,1-2H3;12*1-2H3. The topological polar surface area (TPSA) is 0 Å². The smallest absolute Gasteiger partial charge is 0.00930 e. The quantitative estimate of drug-likeness (QED) is 0.142. The molecule has 0 heterocycles. The molecule has 0 saturated heterocycles. The predicted octanol–water partition coefficient (Wildman–Crippen LogP) is 48.4. The minimum absolute atomic E-state index is 1.25. The van der Waals surface area contributed by atoms with E-state index in [9.17, 15) is 0 Å². The van der Waals surface area contributed by atoms with Gasteiger partial charge < -0.3 is 0 Å². The third-order valence-electron chi connectivity index (χ3n) is 21.2. The lowest BCUT2D eigenvalue weighted by Gasteiger charge is -2.14. The van der Waals surface area contributed by atoms with Crippen LogP contribution in [0.1, 0.15) is 247 Å². The van der Waals surface area contributed by atoms with Gasteiger partial charge in [0.25, 0.3) is 0 Å². The van der Waals surface area contributed by atoms with Gasteiger partial charge in [-0.15, -0.1) is 0 Å². The molecule has 0 N–H and O–H groups in total. The first-order valence-electron chi connectivity index (χ1n) is 54.9. The van der Waals surface area contributed by atoms with E-state index in [1.807, 2.05) is 166 Å². The normalized spacial score (nSPS) is 9.36. The van der Waals surface area contributed by atoms with Crippen molar-refractivity contribution in [1.82, 2.24) is 0 Å². The van der Waals surface area contributed by atoms with E-state index in [2.05, 4.69) is 504 Å². The van der Waals surface area contributed by atoms with Crippen molar-refractivity contribution in [2.75, 3.05) is 0 Å². The summed E-state index contributed by atoms with van der Waals surface area (Å²) in [7, 11) is 0. The van der Waals surface area contributed by atoms with E-state index in [0.717, 1.165) is 0 Å². The van der Waals surface area contributed by atoms with E-state index in [1.54, 1.807) is 0 Å². The summed E-state index contributed by atoms with van der Waals surface area (Å²) in [5, 5.41) is 23.1. The second-order valence-electron chi connectivity index (χ2n) is 30.6. The first-order valence-corrected chi connectivity index (χ1v) is 54.9. The zero-order valence-electron chi connectivity index (χ0n) is 94.6. The van der Waals surface area contributed by atoms with Crippen LogP contribution in [0.25, 0.3) is 186 Å². The summed E-state index contributed by atoms with van der Waals surface area (Å²) in [6, 6.07) is 161. The van der Waals surface area contributed by atoms with Crippen LogP contribution < -0.4 is 0 Å². The second kappa shape index (κ2) is 76.7. The average Bonchev–Trinajstić information content (AvgIpc) is 0.799. The van der Waals surface area contributed by atoms with E-state index in [1.165, 1.54) is 212 Å². The van der Waals surface area contributed by atoms with Gasteiger partial charge in [-0.3, -0.25) is 0 Å². The third kappa shape index (κ3) is 36.4. The van der Waals surface area contributed by atoms with Crippen molar-refractivity contribution in [1.29, 1.82) is 0 Å². The van der Waals surface area contributed by atoms with Crippen LogP contribution in [0, 0.1) is 0 Å². The molecular formula is C144H178. The van der Waals surface area contributed by atoms with Crippen LogP contribution in [0.4, 0.5) is 0 Å². The molecule has 0 saturated carbocycles. The van der Waals surface area contributed by atoms with E-state index < -0.39 is 0 Å². The summed E-state index contributed by atoms with van der Waals surface area (Å²) < 4.78 is 0. The summed E-state index contributed by atoms with van der Waals surface area (Å²) in [4.78, 5) is 0. The fraction of sp³-hybridized carbons (Fsp3) is 0.250. The maximum atomic E-state index is 2.37. The minimum Gasteiger partial charge on any atom is -0.0683 e. The van der Waals surface area contributed by atoms with Gasteiger partial charge in [-0.05, 0) is 234 Å². The Morgan fingerprint density at radius 3 is 0.660 bits per heavy atom. The highest BCUT2D eigenvalue weighted by atomic mass is 14.2. The molecule has 0 fully saturated rings. The van der Waals surface area contributed by atoms with Gasteiger partial charge in [0.15, 0.2) is 0 Å². The van der Waals surface area contributed by atoms with Gasteiger partial charge >= 0.3 is 0 Å². The summed E-state index contributed by atoms with van der Waals surface area (Å²) >= 11 is 0. The van der Waals surface area contributed by atoms with E-state index in [-0.39, 0.29) is 0 Å². The number of benzene rings is 21. The largest absolute Gasteiger partial charge is 0.0683 e. The highest BCUT2D eigenvalue weighted by Gasteiger charge is 2.17. The molecule has 0 aliphatic heterocycles. The fourth-order valence-electron chi connectivity index (χ4n) is 15.9. The molecule has 21 rings (SSSR count). The number of fused-ring (bicyclic) bond motifs is 9. The SMILES string of the molecule is CC.CC.CC.CC.CC.CC.CC.CC.CC.CC.CC.CC.CCC.CCC.CCC.CCC.c1ccc(-c2cc(-c3ccccc3)c3ccccc3c2)cc1.c1ccc(-c2ccc(-c3cccc4ccccc34)c3ccccc23)cc1.c1ccc2c(-c3cc(-c4cccc5ccccc45)c4ccccc4c3)cccc2c1.c1ccc2cc(-c3cc(-c4ccc5ccccc5c4)c4ccccc4c3)ccc2c1. The van der Waals surface area contributed by atoms with Gasteiger partial charge in [0, 0.05) is 0 Å². The van der Waals surface area contributed by atoms with Crippen molar-refractivity contribution in [3.8, 4) is 89.0 Å². The lowest BCUT2D eigenvalue weighted by molar-refractivity contribution is 1.09. The average molecular weight is 1910 g/mol. The molecule has 0 atom stereocenters. The first-order chi connectivity index (χ1) is 71.2. The van der Waals surface area contributed by atoms with Crippen molar-refractivity contribution >= 4 is 97.0 Å². The van der Waals surface area contributed by atoms with Gasteiger partial charge in [0.1, 0.15) is 0 Å². The molecule has 21 aromatic rings. The van der Waals surface area contributed by atoms with Gasteiger partial charge in [-0.2, -0.15) is 0 Å². The predicted molar refractivity (Wildman–Crippen MR) is 667 cm³/mol. The third-order valence-corrected chi connectivity index (χ3v) is 21.2. The van der Waals surface area contributed by atoms with Crippen LogP contribution in [0.5, 0.6) is 0 Å². The Balaban J connectivity index is 0.000000587. The summed E-state index contributed by atoms with van der Waals surface area (Å²) in [6.07, 6.45) is 5.00. The molecule has 21 aromatic carbocycles. The molecule has 0 aromatic heterocycles. The fourth-order valence-corrected chi connectivity index (χ4v) is 15.9. The van der Waals surface area contributed by atoms with E-state index in [4.69, 9.17) is 0 Å². The Morgan fingerprint density at radius 2 is 0.292 bits per heavy atom. The van der Waals surface area contributed by atoms with Crippen LogP contribution in [-0.4, -0.2) is 0 Å². The molecule has 0 heteroatoms. The molecule has 144 heavy (non-hydrogen) atoms. The van der Waals surface area contributed by atoms with Gasteiger partial charge in [-0.25, -0.2) is 0 Å². The first kappa shape index (κ1) is 126. The monoisotopic (exact) mass is 1910 g/mol. The second-order valence-corrected chi connectivity index (χ2v) is 30.6. The van der Waals surface area contributed by atoms with Gasteiger partial charge in [0.05, 0.1) is 0 Å². The Morgan fingerprint density at radius 1 is 0.0972 bits per heavy atom. The molecule has 0 amide bonds. The van der Waals surface area contributed by atoms with Gasteiger partial charge in [0.2, 0.25) is 0 Å². The van der Waals surface area contributed by atoms with E-state index in [0.29, 0.717) is 0 Å². The zero-order chi connectivity index (χ0) is 107. The molecule has 0 bridgehead atoms. The minimum atomic E-state index is 1.25. The van der Waals surface area contributed by atoms with Crippen molar-refractivity contribution in [2.45, 2.75) is 247 Å². The Kier molecular flexibility index (Phi) is 67.1. The maximum Gasteiger partial charge on any atom is -0.00930 e. The maximum absolute atomic E-state index is 2.37. The lowest BCUT2D eigenvalue weighted by Crippen LogP contribution is -1.88. The Bertz CT molecular complexity index is 6910. The molecule has 0 unspecified atom stereocenters. The Hall–Kier alpha value is -14.0. The van der Waals surface area contributed by atoms with Crippen LogP contribution in [0.3, 0.4) is 0 Å². The van der Waals surface area contributed by atoms with E-state index >= 15 is 0 Å². The molecule has 0 aliphatic rings. The molecule has 754 valence electrons. The van der Waals surface area contributed by atoms with Crippen molar-refractivity contribution < 1.29 is 0 Å².